The maximum absolute atomic E-state index is 13.9. The molecule has 1 aromatic rings. The Morgan fingerprint density at radius 1 is 1.50 bits per heavy atom. The Hall–Kier alpha value is -1.13. The highest BCUT2D eigenvalue weighted by molar-refractivity contribution is 5.48. The predicted molar refractivity (Wildman–Crippen MR) is 71.2 cm³/mol. The van der Waals surface area contributed by atoms with Crippen LogP contribution in [0, 0.1) is 5.82 Å². The minimum Gasteiger partial charge on any atom is -0.392 e. The number of hydrogen-bond acceptors (Lipinski definition) is 3. The second-order valence-corrected chi connectivity index (χ2v) is 5.10. The van der Waals surface area contributed by atoms with Gasteiger partial charge in [-0.05, 0) is 44.1 Å². The SMILES string of the molecule is CN(CC1CCCN1C)c1ccc(CO)cc1F. The molecule has 1 N–H and O–H groups in total. The summed E-state index contributed by atoms with van der Waals surface area (Å²) in [4.78, 5) is 4.29. The molecule has 4 heteroatoms. The fourth-order valence-corrected chi connectivity index (χ4v) is 2.58. The Balaban J connectivity index is 2.06. The van der Waals surface area contributed by atoms with Crippen molar-refractivity contribution in [2.45, 2.75) is 25.5 Å². The number of benzene rings is 1. The topological polar surface area (TPSA) is 26.7 Å². The summed E-state index contributed by atoms with van der Waals surface area (Å²) in [7, 11) is 4.04. The van der Waals surface area contributed by atoms with Crippen molar-refractivity contribution in [1.82, 2.24) is 4.90 Å². The van der Waals surface area contributed by atoms with Gasteiger partial charge in [0.05, 0.1) is 12.3 Å². The van der Waals surface area contributed by atoms with Crippen LogP contribution in [0.15, 0.2) is 18.2 Å². The Morgan fingerprint density at radius 2 is 2.28 bits per heavy atom. The number of nitrogens with zero attached hydrogens (tertiary/aromatic N) is 2. The lowest BCUT2D eigenvalue weighted by Crippen LogP contribution is -2.36. The maximum atomic E-state index is 13.9. The van der Waals surface area contributed by atoms with E-state index in [-0.39, 0.29) is 12.4 Å². The van der Waals surface area contributed by atoms with Gasteiger partial charge in [-0.2, -0.15) is 0 Å². The zero-order valence-electron chi connectivity index (χ0n) is 11.1. The molecule has 1 aliphatic rings. The first-order valence-corrected chi connectivity index (χ1v) is 6.42. The molecule has 0 saturated carbocycles. The third-order valence-corrected chi connectivity index (χ3v) is 3.76. The van der Waals surface area contributed by atoms with Crippen LogP contribution in [-0.2, 0) is 6.61 Å². The van der Waals surface area contributed by atoms with E-state index in [2.05, 4.69) is 11.9 Å². The molecule has 1 aliphatic heterocycles. The Kier molecular flexibility index (Phi) is 4.19. The van der Waals surface area contributed by atoms with Gasteiger partial charge in [0.25, 0.3) is 0 Å². The summed E-state index contributed by atoms with van der Waals surface area (Å²) in [5.74, 6) is -0.260. The molecular weight excluding hydrogens is 231 g/mol. The van der Waals surface area contributed by atoms with Crippen molar-refractivity contribution >= 4 is 5.69 Å². The lowest BCUT2D eigenvalue weighted by atomic mass is 10.1. The minimum absolute atomic E-state index is 0.119. The fraction of sp³-hybridized carbons (Fsp3) is 0.571. The van der Waals surface area contributed by atoms with Crippen molar-refractivity contribution < 1.29 is 9.50 Å². The first-order chi connectivity index (χ1) is 8.61. The van der Waals surface area contributed by atoms with E-state index in [0.717, 1.165) is 13.1 Å². The average molecular weight is 252 g/mol. The molecular formula is C14H21FN2O. The Morgan fingerprint density at radius 3 is 2.83 bits per heavy atom. The first kappa shape index (κ1) is 13.3. The van der Waals surface area contributed by atoms with Crippen LogP contribution >= 0.6 is 0 Å². The normalized spacial score (nSPS) is 20.3. The molecule has 1 aromatic carbocycles. The molecule has 0 aromatic heterocycles. The van der Waals surface area contributed by atoms with E-state index in [0.29, 0.717) is 17.3 Å². The highest BCUT2D eigenvalue weighted by atomic mass is 19.1. The van der Waals surface area contributed by atoms with Crippen molar-refractivity contribution in [1.29, 1.82) is 0 Å². The summed E-state index contributed by atoms with van der Waals surface area (Å²) >= 11 is 0. The summed E-state index contributed by atoms with van der Waals surface area (Å²) in [6.07, 6.45) is 2.40. The van der Waals surface area contributed by atoms with Crippen LogP contribution in [0.4, 0.5) is 10.1 Å². The van der Waals surface area contributed by atoms with E-state index < -0.39 is 0 Å². The van der Waals surface area contributed by atoms with Gasteiger partial charge in [0.1, 0.15) is 5.82 Å². The molecule has 1 atom stereocenters. The molecule has 2 rings (SSSR count). The van der Waals surface area contributed by atoms with Gasteiger partial charge < -0.3 is 14.9 Å². The number of hydrogen-bond donors (Lipinski definition) is 1. The van der Waals surface area contributed by atoms with Crippen molar-refractivity contribution in [2.75, 3.05) is 32.1 Å². The largest absolute Gasteiger partial charge is 0.392 e. The van der Waals surface area contributed by atoms with E-state index in [1.54, 1.807) is 12.1 Å². The number of likely N-dealkylation sites (N-methyl/N-ethyl adjacent to an activating group) is 2. The summed E-state index contributed by atoms with van der Waals surface area (Å²) in [6.45, 7) is 1.85. The summed E-state index contributed by atoms with van der Waals surface area (Å²) in [5, 5.41) is 8.97. The second-order valence-electron chi connectivity index (χ2n) is 5.10. The fourth-order valence-electron chi connectivity index (χ4n) is 2.58. The van der Waals surface area contributed by atoms with E-state index in [9.17, 15) is 4.39 Å². The number of aliphatic hydroxyl groups excluding tert-OH is 1. The zero-order chi connectivity index (χ0) is 13.1. The number of rotatable bonds is 4. The van der Waals surface area contributed by atoms with Crippen molar-refractivity contribution in [3.8, 4) is 0 Å². The van der Waals surface area contributed by atoms with Crippen molar-refractivity contribution in [3.63, 3.8) is 0 Å². The molecule has 1 fully saturated rings. The van der Waals surface area contributed by atoms with Crippen LogP contribution in [0.3, 0.4) is 0 Å². The van der Waals surface area contributed by atoms with E-state index >= 15 is 0 Å². The van der Waals surface area contributed by atoms with Crippen LogP contribution in [0.1, 0.15) is 18.4 Å². The number of halogens is 1. The van der Waals surface area contributed by atoms with Gasteiger partial charge in [-0.3, -0.25) is 0 Å². The van der Waals surface area contributed by atoms with Crippen LogP contribution in [0.25, 0.3) is 0 Å². The molecule has 3 nitrogen and oxygen atoms in total. The van der Waals surface area contributed by atoms with E-state index in [4.69, 9.17) is 5.11 Å². The predicted octanol–water partition coefficient (Wildman–Crippen LogP) is 1.85. The lowest BCUT2D eigenvalue weighted by molar-refractivity contribution is 0.281. The van der Waals surface area contributed by atoms with Gasteiger partial charge >= 0.3 is 0 Å². The maximum Gasteiger partial charge on any atom is 0.146 e. The molecule has 1 heterocycles. The van der Waals surface area contributed by atoms with Crippen molar-refractivity contribution in [2.24, 2.45) is 0 Å². The van der Waals surface area contributed by atoms with Gasteiger partial charge in [-0.15, -0.1) is 0 Å². The van der Waals surface area contributed by atoms with Gasteiger partial charge in [-0.25, -0.2) is 4.39 Å². The standard InChI is InChI=1S/C14H21FN2O/c1-16-7-3-4-12(16)9-17(2)14-6-5-11(10-18)8-13(14)15/h5-6,8,12,18H,3-4,7,9-10H2,1-2H3. The van der Waals surface area contributed by atoms with Crippen molar-refractivity contribution in [3.05, 3.63) is 29.6 Å². The number of anilines is 1. The molecule has 0 radical (unpaired) electrons. The molecule has 100 valence electrons. The van der Waals surface area contributed by atoms with Crippen LogP contribution in [-0.4, -0.2) is 43.2 Å². The molecule has 0 amide bonds. The van der Waals surface area contributed by atoms with Gasteiger partial charge in [0, 0.05) is 19.6 Å². The zero-order valence-corrected chi connectivity index (χ0v) is 11.1. The van der Waals surface area contributed by atoms with Crippen LogP contribution in [0.5, 0.6) is 0 Å². The number of aliphatic hydroxyl groups is 1. The van der Waals surface area contributed by atoms with Gasteiger partial charge in [0.15, 0.2) is 0 Å². The molecule has 1 unspecified atom stereocenters. The number of likely N-dealkylation sites (tertiary alicyclic amines) is 1. The monoisotopic (exact) mass is 252 g/mol. The van der Waals surface area contributed by atoms with E-state index in [1.165, 1.54) is 18.9 Å². The molecule has 18 heavy (non-hydrogen) atoms. The summed E-state index contributed by atoms with van der Waals surface area (Å²) < 4.78 is 13.9. The van der Waals surface area contributed by atoms with Gasteiger partial charge in [-0.1, -0.05) is 6.07 Å². The smallest absolute Gasteiger partial charge is 0.146 e. The van der Waals surface area contributed by atoms with Crippen LogP contribution in [0.2, 0.25) is 0 Å². The highest BCUT2D eigenvalue weighted by Gasteiger charge is 2.23. The van der Waals surface area contributed by atoms with E-state index in [1.807, 2.05) is 11.9 Å². The molecule has 0 bridgehead atoms. The third-order valence-electron chi connectivity index (χ3n) is 3.76. The average Bonchev–Trinajstić information content (AvgIpc) is 2.74. The quantitative estimate of drug-likeness (QED) is 0.886. The lowest BCUT2D eigenvalue weighted by Gasteiger charge is -2.27. The minimum atomic E-state index is -0.260. The van der Waals surface area contributed by atoms with Gasteiger partial charge in [0.2, 0.25) is 0 Å². The second kappa shape index (κ2) is 5.67. The molecule has 1 saturated heterocycles. The Bertz CT molecular complexity index is 411. The third kappa shape index (κ3) is 2.82. The van der Waals surface area contributed by atoms with Crippen LogP contribution < -0.4 is 4.90 Å². The first-order valence-electron chi connectivity index (χ1n) is 6.42. The Labute approximate surface area is 108 Å². The highest BCUT2D eigenvalue weighted by Crippen LogP contribution is 2.22. The molecule has 0 spiro atoms. The molecule has 0 aliphatic carbocycles. The summed E-state index contributed by atoms with van der Waals surface area (Å²) in [5.41, 5.74) is 1.22. The summed E-state index contributed by atoms with van der Waals surface area (Å²) in [6, 6.07) is 5.43.